The molecule has 0 radical (unpaired) electrons. The van der Waals surface area contributed by atoms with Gasteiger partial charge in [0.25, 0.3) is 0 Å². The van der Waals surface area contributed by atoms with E-state index in [0.29, 0.717) is 0 Å². The average molecular weight is 526 g/mol. The highest BCUT2D eigenvalue weighted by Gasteiger charge is 2.58. The Morgan fingerprint density at radius 2 is 0.846 bits per heavy atom. The van der Waals surface area contributed by atoms with Crippen LogP contribution in [0.1, 0.15) is 34.3 Å². The Labute approximate surface area is 227 Å². The molecule has 0 aromatic heterocycles. The third kappa shape index (κ3) is 3.72. The fourth-order valence-electron chi connectivity index (χ4n) is 5.99. The van der Waals surface area contributed by atoms with Gasteiger partial charge in [-0.05, 0) is 44.8 Å². The predicted molar refractivity (Wildman–Crippen MR) is 159 cm³/mol. The van der Waals surface area contributed by atoms with Crippen LogP contribution < -0.4 is 19.2 Å². The first kappa shape index (κ1) is 22.7. The molecule has 2 aliphatic rings. The summed E-state index contributed by atoms with van der Waals surface area (Å²) in [6, 6.07) is 46.4. The van der Waals surface area contributed by atoms with Crippen LogP contribution in [-0.4, -0.2) is 0 Å². The van der Waals surface area contributed by atoms with E-state index in [1.165, 1.54) is 32.7 Å². The van der Waals surface area contributed by atoms with Crippen LogP contribution in [0.25, 0.3) is 21.5 Å². The highest BCUT2D eigenvalue weighted by molar-refractivity contribution is 7.63. The molecule has 0 saturated heterocycles. The summed E-state index contributed by atoms with van der Waals surface area (Å²) in [7, 11) is -2.85. The number of rotatable bonds is 2. The van der Waals surface area contributed by atoms with Crippen molar-refractivity contribution in [3.63, 3.8) is 0 Å². The van der Waals surface area contributed by atoms with Crippen LogP contribution in [0, 0.1) is 0 Å². The fraction of sp³-hybridized carbons (Fsp3) is 0.0588. The summed E-state index contributed by atoms with van der Waals surface area (Å²) >= 11 is 0. The summed E-state index contributed by atoms with van der Waals surface area (Å²) < 4.78 is 13.8. The molecule has 0 fully saturated rings. The molecule has 39 heavy (non-hydrogen) atoms. The van der Waals surface area contributed by atoms with Crippen LogP contribution in [0.3, 0.4) is 0 Å². The monoisotopic (exact) mass is 525 g/mol. The maximum atomic E-state index is 6.91. The van der Waals surface area contributed by atoms with Gasteiger partial charge in [-0.1, -0.05) is 132 Å². The molecule has 188 valence electrons. The maximum Gasteiger partial charge on any atom is 0.520 e. The van der Waals surface area contributed by atoms with E-state index in [2.05, 4.69) is 144 Å². The van der Waals surface area contributed by atoms with E-state index in [9.17, 15) is 0 Å². The van der Waals surface area contributed by atoms with Gasteiger partial charge in [0.2, 0.25) is 0 Å². The molecule has 0 saturated carbocycles. The maximum absolute atomic E-state index is 6.91. The van der Waals surface area contributed by atoms with Gasteiger partial charge in [-0.3, -0.25) is 9.05 Å². The van der Waals surface area contributed by atoms with Gasteiger partial charge in [-0.25, -0.2) is 0 Å². The standard InChI is InChI=1S/C34H26N2O2P/c1-3-13-25(14-4-1)33-31-27-17-9-7-11-23(27)19-21-29(31)37-39(35-33)36-34(26-15-5-2-6-16-26)32-28-18-10-8-12-24(28)20-22-30(32)38-39/h1-22,33-36H/q+1/t33-,34-,39?/m1/s1. The summed E-state index contributed by atoms with van der Waals surface area (Å²) in [5.41, 5.74) is 4.61. The summed E-state index contributed by atoms with van der Waals surface area (Å²) in [4.78, 5) is 0. The first-order valence-electron chi connectivity index (χ1n) is 13.3. The Morgan fingerprint density at radius 3 is 1.31 bits per heavy atom. The lowest BCUT2D eigenvalue weighted by Crippen LogP contribution is -2.45. The van der Waals surface area contributed by atoms with Crippen molar-refractivity contribution in [1.82, 2.24) is 10.2 Å². The summed E-state index contributed by atoms with van der Waals surface area (Å²) in [5.74, 6) is 1.69. The molecule has 6 aromatic rings. The predicted octanol–water partition coefficient (Wildman–Crippen LogP) is 8.51. The number of hydrogen-bond donors (Lipinski definition) is 2. The van der Waals surface area contributed by atoms with Gasteiger partial charge in [0.05, 0.1) is 0 Å². The molecule has 1 spiro atoms. The third-order valence-electron chi connectivity index (χ3n) is 7.76. The molecular formula is C34H26N2O2P+. The fourth-order valence-corrected chi connectivity index (χ4v) is 8.42. The molecule has 8 rings (SSSR count). The molecule has 2 heterocycles. The number of hydrogen-bond acceptors (Lipinski definition) is 4. The lowest BCUT2D eigenvalue weighted by Gasteiger charge is -2.39. The van der Waals surface area contributed by atoms with Gasteiger partial charge in [0, 0.05) is 11.1 Å². The Bertz CT molecular complexity index is 1700. The number of benzene rings is 6. The van der Waals surface area contributed by atoms with Crippen molar-refractivity contribution in [3.05, 3.63) is 156 Å². The molecule has 4 nitrogen and oxygen atoms in total. The van der Waals surface area contributed by atoms with Gasteiger partial charge in [0.15, 0.2) is 11.5 Å². The Morgan fingerprint density at radius 1 is 0.436 bits per heavy atom. The minimum atomic E-state index is -2.85. The molecular weight excluding hydrogens is 499 g/mol. The molecule has 2 aliphatic heterocycles. The molecule has 2 N–H and O–H groups in total. The molecule has 0 aliphatic carbocycles. The second-order valence-electron chi connectivity index (χ2n) is 10.1. The largest absolute Gasteiger partial charge is 0.520 e. The second kappa shape index (κ2) is 8.93. The lowest BCUT2D eigenvalue weighted by atomic mass is 9.93. The van der Waals surface area contributed by atoms with E-state index in [4.69, 9.17) is 9.05 Å². The van der Waals surface area contributed by atoms with Crippen LogP contribution in [0.5, 0.6) is 11.5 Å². The zero-order valence-electron chi connectivity index (χ0n) is 21.1. The van der Waals surface area contributed by atoms with Gasteiger partial charge in [-0.15, -0.1) is 0 Å². The van der Waals surface area contributed by atoms with Crippen LogP contribution in [0.2, 0.25) is 0 Å². The molecule has 5 heteroatoms. The minimum absolute atomic E-state index is 0.111. The summed E-state index contributed by atoms with van der Waals surface area (Å²) in [6.45, 7) is 0. The molecule has 0 bridgehead atoms. The van der Waals surface area contributed by atoms with Crippen LogP contribution in [0.4, 0.5) is 0 Å². The van der Waals surface area contributed by atoms with E-state index in [1.807, 2.05) is 0 Å². The van der Waals surface area contributed by atoms with Gasteiger partial charge >= 0.3 is 8.02 Å². The topological polar surface area (TPSA) is 42.5 Å². The van der Waals surface area contributed by atoms with Crippen LogP contribution in [0.15, 0.2) is 133 Å². The van der Waals surface area contributed by atoms with Gasteiger partial charge in [-0.2, -0.15) is 0 Å². The van der Waals surface area contributed by atoms with Crippen molar-refractivity contribution in [1.29, 1.82) is 0 Å². The smallest absolute Gasteiger partial charge is 0.272 e. The highest BCUT2D eigenvalue weighted by Crippen LogP contribution is 2.65. The van der Waals surface area contributed by atoms with Crippen molar-refractivity contribution in [2.45, 2.75) is 12.1 Å². The Hall–Kier alpha value is -4.21. The quantitative estimate of drug-likeness (QED) is 0.222. The van der Waals surface area contributed by atoms with E-state index in [0.717, 1.165) is 22.6 Å². The van der Waals surface area contributed by atoms with Crippen molar-refractivity contribution in [3.8, 4) is 11.5 Å². The average Bonchev–Trinajstić information content (AvgIpc) is 3.00. The molecule has 0 amide bonds. The SMILES string of the molecule is c1ccc([C@H]2N[P+]3(N[C@H](c4ccccc4)c4c(ccc5ccccc45)O3)Oc3ccc4ccccc4c32)cc1. The highest BCUT2D eigenvalue weighted by atomic mass is 31.2. The first-order chi connectivity index (χ1) is 19.3. The van der Waals surface area contributed by atoms with Crippen LogP contribution in [-0.2, 0) is 0 Å². The third-order valence-corrected chi connectivity index (χ3v) is 9.86. The minimum Gasteiger partial charge on any atom is -0.272 e. The normalized spacial score (nSPS) is 19.2. The zero-order valence-corrected chi connectivity index (χ0v) is 22.0. The Balaban J connectivity index is 1.34. The van der Waals surface area contributed by atoms with E-state index < -0.39 is 8.02 Å². The summed E-state index contributed by atoms with van der Waals surface area (Å²) in [5, 5.41) is 12.5. The lowest BCUT2D eigenvalue weighted by molar-refractivity contribution is 0.373. The Kier molecular flexibility index (Phi) is 5.21. The molecule has 2 atom stereocenters. The zero-order chi connectivity index (χ0) is 25.8. The molecule has 6 aromatic carbocycles. The van der Waals surface area contributed by atoms with E-state index >= 15 is 0 Å². The summed E-state index contributed by atoms with van der Waals surface area (Å²) in [6.07, 6.45) is 0. The van der Waals surface area contributed by atoms with E-state index in [-0.39, 0.29) is 12.1 Å². The van der Waals surface area contributed by atoms with Crippen molar-refractivity contribution >= 4 is 29.6 Å². The molecule has 0 unspecified atom stereocenters. The number of nitrogens with one attached hydrogen (secondary N) is 2. The van der Waals surface area contributed by atoms with Gasteiger partial charge in [0.1, 0.15) is 12.1 Å². The van der Waals surface area contributed by atoms with E-state index in [1.54, 1.807) is 0 Å². The van der Waals surface area contributed by atoms with Crippen molar-refractivity contribution in [2.75, 3.05) is 0 Å². The first-order valence-corrected chi connectivity index (χ1v) is 14.9. The van der Waals surface area contributed by atoms with Gasteiger partial charge < -0.3 is 0 Å². The van der Waals surface area contributed by atoms with Crippen molar-refractivity contribution < 1.29 is 9.05 Å². The van der Waals surface area contributed by atoms with Crippen LogP contribution >= 0.6 is 8.02 Å². The number of fused-ring (bicyclic) bond motifs is 6. The second-order valence-corrected chi connectivity index (χ2v) is 12.1. The van der Waals surface area contributed by atoms with Crippen molar-refractivity contribution in [2.24, 2.45) is 0 Å².